The van der Waals surface area contributed by atoms with E-state index >= 15 is 0 Å². The second kappa shape index (κ2) is 9.13. The molecule has 1 N–H and O–H groups in total. The Morgan fingerprint density at radius 1 is 1.23 bits per heavy atom. The minimum Gasteiger partial charge on any atom is -0.351 e. The van der Waals surface area contributed by atoms with Gasteiger partial charge < -0.3 is 5.32 Å². The van der Waals surface area contributed by atoms with Gasteiger partial charge in [0, 0.05) is 49.7 Å². The number of rotatable bonds is 6. The highest BCUT2D eigenvalue weighted by Crippen LogP contribution is 2.24. The third-order valence-electron chi connectivity index (χ3n) is 5.87. The van der Waals surface area contributed by atoms with Gasteiger partial charge in [-0.2, -0.15) is 0 Å². The van der Waals surface area contributed by atoms with Gasteiger partial charge >= 0.3 is 0 Å². The van der Waals surface area contributed by atoms with Crippen LogP contribution in [0, 0.1) is 0 Å². The number of nitrogens with zero attached hydrogens (tertiary/aromatic N) is 3. The smallest absolute Gasteiger partial charge is 0.237 e. The molecule has 0 aliphatic carbocycles. The van der Waals surface area contributed by atoms with E-state index in [1.807, 2.05) is 25.1 Å². The van der Waals surface area contributed by atoms with Crippen molar-refractivity contribution in [1.82, 2.24) is 20.1 Å². The molecule has 0 bridgehead atoms. The summed E-state index contributed by atoms with van der Waals surface area (Å²) in [6.45, 7) is 6.11. The van der Waals surface area contributed by atoms with Crippen molar-refractivity contribution in [2.24, 2.45) is 0 Å². The van der Waals surface area contributed by atoms with Gasteiger partial charge in [0.15, 0.2) is 9.84 Å². The van der Waals surface area contributed by atoms with Crippen molar-refractivity contribution in [3.63, 3.8) is 0 Å². The van der Waals surface area contributed by atoms with Crippen molar-refractivity contribution in [1.29, 1.82) is 0 Å². The highest BCUT2D eigenvalue weighted by molar-refractivity contribution is 7.91. The van der Waals surface area contributed by atoms with Gasteiger partial charge in [-0.25, -0.2) is 13.4 Å². The number of carbonyl (C=O) groups excluding carboxylic acids is 1. The maximum atomic E-state index is 12.5. The van der Waals surface area contributed by atoms with Crippen molar-refractivity contribution in [3.8, 4) is 10.6 Å². The lowest BCUT2D eigenvalue weighted by molar-refractivity contribution is -0.127. The molecule has 0 saturated carbocycles. The number of amides is 1. The Labute approximate surface area is 182 Å². The molecular weight excluding hydrogens is 420 g/mol. The summed E-state index contributed by atoms with van der Waals surface area (Å²) in [5.41, 5.74) is 2.23. The number of piperazine rings is 1. The summed E-state index contributed by atoms with van der Waals surface area (Å²) >= 11 is 1.67. The summed E-state index contributed by atoms with van der Waals surface area (Å²) in [5, 5.41) is 6.09. The number of aromatic nitrogens is 1. The molecule has 2 fully saturated rings. The Balaban J connectivity index is 1.25. The fourth-order valence-electron chi connectivity index (χ4n) is 4.03. The standard InChI is InChI=1S/C21H28N4O3S2/c1-16(20(26)22-18-7-12-30(27,28)15-18)25-10-8-24(9-11-25)13-19-14-29-21(23-19)17-5-3-2-4-6-17/h2-6,14,16,18H,7-13,15H2,1H3,(H,22,26). The van der Waals surface area contributed by atoms with Gasteiger partial charge in [-0.3, -0.25) is 14.6 Å². The zero-order chi connectivity index (χ0) is 21.1. The lowest BCUT2D eigenvalue weighted by atomic mass is 10.2. The molecule has 9 heteroatoms. The topological polar surface area (TPSA) is 82.6 Å². The van der Waals surface area contributed by atoms with Crippen LogP contribution in [0.15, 0.2) is 35.7 Å². The third kappa shape index (κ3) is 5.26. The van der Waals surface area contributed by atoms with Crippen LogP contribution in [0.5, 0.6) is 0 Å². The molecule has 1 aromatic heterocycles. The van der Waals surface area contributed by atoms with Crippen LogP contribution < -0.4 is 5.32 Å². The molecule has 2 aliphatic rings. The first-order valence-corrected chi connectivity index (χ1v) is 13.1. The molecule has 2 atom stereocenters. The van der Waals surface area contributed by atoms with Gasteiger partial charge in [0.25, 0.3) is 0 Å². The Morgan fingerprint density at radius 3 is 2.63 bits per heavy atom. The SMILES string of the molecule is CC(C(=O)NC1CCS(=O)(=O)C1)N1CCN(Cc2csc(-c3ccccc3)n2)CC1. The van der Waals surface area contributed by atoms with Crippen molar-refractivity contribution < 1.29 is 13.2 Å². The Kier molecular flexibility index (Phi) is 6.52. The van der Waals surface area contributed by atoms with Crippen LogP contribution in [0.25, 0.3) is 10.6 Å². The summed E-state index contributed by atoms with van der Waals surface area (Å²) in [6.07, 6.45) is 0.521. The van der Waals surface area contributed by atoms with E-state index in [1.165, 1.54) is 0 Å². The van der Waals surface area contributed by atoms with Crippen LogP contribution in [0.2, 0.25) is 0 Å². The van der Waals surface area contributed by atoms with Crippen molar-refractivity contribution in [2.45, 2.75) is 32.0 Å². The van der Waals surface area contributed by atoms with E-state index in [0.29, 0.717) is 6.42 Å². The molecule has 0 radical (unpaired) electrons. The monoisotopic (exact) mass is 448 g/mol. The zero-order valence-corrected chi connectivity index (χ0v) is 18.8. The first-order chi connectivity index (χ1) is 14.4. The van der Waals surface area contributed by atoms with Crippen molar-refractivity contribution in [2.75, 3.05) is 37.7 Å². The molecule has 4 rings (SSSR count). The van der Waals surface area contributed by atoms with Crippen LogP contribution in [0.4, 0.5) is 0 Å². The second-order valence-corrected chi connectivity index (χ2v) is 11.2. The first kappa shape index (κ1) is 21.4. The van der Waals surface area contributed by atoms with Crippen LogP contribution >= 0.6 is 11.3 Å². The molecule has 162 valence electrons. The molecule has 2 unspecified atom stereocenters. The summed E-state index contributed by atoms with van der Waals surface area (Å²) in [6, 6.07) is 9.73. The van der Waals surface area contributed by atoms with E-state index in [1.54, 1.807) is 11.3 Å². The van der Waals surface area contributed by atoms with E-state index < -0.39 is 9.84 Å². The van der Waals surface area contributed by atoms with Crippen LogP contribution in [-0.4, -0.2) is 78.9 Å². The minimum atomic E-state index is -2.98. The van der Waals surface area contributed by atoms with Crippen molar-refractivity contribution >= 4 is 27.1 Å². The Hall–Kier alpha value is -1.81. The van der Waals surface area contributed by atoms with Crippen molar-refractivity contribution in [3.05, 3.63) is 41.4 Å². The average molecular weight is 449 g/mol. The highest BCUT2D eigenvalue weighted by Gasteiger charge is 2.32. The van der Waals surface area contributed by atoms with Crippen LogP contribution in [0.1, 0.15) is 19.0 Å². The number of hydrogen-bond donors (Lipinski definition) is 1. The molecule has 2 aliphatic heterocycles. The first-order valence-electron chi connectivity index (χ1n) is 10.4. The summed E-state index contributed by atoms with van der Waals surface area (Å²) in [5.74, 6) is 0.170. The number of carbonyl (C=O) groups is 1. The maximum Gasteiger partial charge on any atom is 0.237 e. The summed E-state index contributed by atoms with van der Waals surface area (Å²) < 4.78 is 23.2. The van der Waals surface area contributed by atoms with Gasteiger partial charge in [-0.1, -0.05) is 30.3 Å². The minimum absolute atomic E-state index is 0.0673. The number of sulfone groups is 1. The van der Waals surface area contributed by atoms with E-state index in [9.17, 15) is 13.2 Å². The molecule has 1 amide bonds. The Bertz CT molecular complexity index is 969. The molecule has 0 spiro atoms. The summed E-state index contributed by atoms with van der Waals surface area (Å²) in [4.78, 5) is 21.9. The predicted octanol–water partition coefficient (Wildman–Crippen LogP) is 1.62. The number of hydrogen-bond acceptors (Lipinski definition) is 7. The molecule has 2 saturated heterocycles. The average Bonchev–Trinajstić information content (AvgIpc) is 3.34. The van der Waals surface area contributed by atoms with E-state index in [0.717, 1.165) is 49.0 Å². The van der Waals surface area contributed by atoms with E-state index in [-0.39, 0.29) is 29.5 Å². The van der Waals surface area contributed by atoms with Gasteiger partial charge in [0.05, 0.1) is 23.2 Å². The second-order valence-electron chi connectivity index (χ2n) is 8.11. The summed E-state index contributed by atoms with van der Waals surface area (Å²) in [7, 11) is -2.98. The Morgan fingerprint density at radius 2 is 1.97 bits per heavy atom. The fourth-order valence-corrected chi connectivity index (χ4v) is 6.52. The van der Waals surface area contributed by atoms with E-state index in [4.69, 9.17) is 4.98 Å². The normalized spacial score (nSPS) is 23.3. The predicted molar refractivity (Wildman–Crippen MR) is 119 cm³/mol. The van der Waals surface area contributed by atoms with Gasteiger partial charge in [0.2, 0.25) is 5.91 Å². The highest BCUT2D eigenvalue weighted by atomic mass is 32.2. The third-order valence-corrected chi connectivity index (χ3v) is 8.58. The molecule has 2 aromatic rings. The molecule has 7 nitrogen and oxygen atoms in total. The largest absolute Gasteiger partial charge is 0.351 e. The van der Waals surface area contributed by atoms with E-state index in [2.05, 4.69) is 32.6 Å². The number of thiazole rings is 1. The zero-order valence-electron chi connectivity index (χ0n) is 17.2. The molecule has 3 heterocycles. The quantitative estimate of drug-likeness (QED) is 0.723. The molecular formula is C21H28N4O3S2. The van der Waals surface area contributed by atoms with Crippen LogP contribution in [-0.2, 0) is 21.2 Å². The number of nitrogens with one attached hydrogen (secondary N) is 1. The molecule has 30 heavy (non-hydrogen) atoms. The maximum absolute atomic E-state index is 12.5. The fraction of sp³-hybridized carbons (Fsp3) is 0.524. The lowest BCUT2D eigenvalue weighted by Crippen LogP contribution is -2.54. The van der Waals surface area contributed by atoms with Gasteiger partial charge in [-0.05, 0) is 13.3 Å². The van der Waals surface area contributed by atoms with Gasteiger partial charge in [-0.15, -0.1) is 11.3 Å². The van der Waals surface area contributed by atoms with Crippen LogP contribution in [0.3, 0.4) is 0 Å². The lowest BCUT2D eigenvalue weighted by Gasteiger charge is -2.37. The van der Waals surface area contributed by atoms with Gasteiger partial charge in [0.1, 0.15) is 5.01 Å². The molecule has 1 aromatic carbocycles. The number of benzene rings is 1.